The van der Waals surface area contributed by atoms with Crippen LogP contribution in [0.1, 0.15) is 34.3 Å². The van der Waals surface area contributed by atoms with Crippen molar-refractivity contribution in [1.82, 2.24) is 5.32 Å². The van der Waals surface area contributed by atoms with Crippen LogP contribution < -0.4 is 16.0 Å². The molecule has 2 amide bonds. The molecule has 1 aromatic rings. The fraction of sp³-hybridized carbons (Fsp3) is 0.391. The summed E-state index contributed by atoms with van der Waals surface area (Å²) in [4.78, 5) is 51.7. The first-order chi connectivity index (χ1) is 15.9. The second kappa shape index (κ2) is 7.59. The number of phenolic OH excluding ortho intramolecular Hbond substituents is 1. The van der Waals surface area contributed by atoms with Gasteiger partial charge in [-0.1, -0.05) is 0 Å². The molecular formula is C23H25N3O8. The number of ketones is 2. The highest BCUT2D eigenvalue weighted by Gasteiger charge is 2.60. The van der Waals surface area contributed by atoms with Crippen molar-refractivity contribution >= 4 is 34.8 Å². The standard InChI is InChI=1S/C23H25N3O8/c1-25-22(33)11-7-12(26(2)3)10-5-8-4-9-6-13(27)16(21(24)32)20(31)23(9,34)19(30)14(8)18(29)15(10)17(11)28/h7-9,28-29,31,34H,4-6H2,1-3H3,(H2,24,32)(H,25,33)/t8-,9+,23+/m1/s1. The number of nitrogens with one attached hydrogen (secondary N) is 1. The van der Waals surface area contributed by atoms with E-state index in [1.807, 2.05) is 0 Å². The van der Waals surface area contributed by atoms with E-state index in [4.69, 9.17) is 5.73 Å². The van der Waals surface area contributed by atoms with Gasteiger partial charge in [-0.25, -0.2) is 0 Å². The third kappa shape index (κ3) is 2.93. The molecule has 0 aromatic heterocycles. The first kappa shape index (κ1) is 23.3. The minimum Gasteiger partial charge on any atom is -0.508 e. The highest BCUT2D eigenvalue weighted by atomic mass is 16.3. The number of primary amides is 1. The van der Waals surface area contributed by atoms with E-state index < -0.39 is 63.7 Å². The second-order valence-corrected chi connectivity index (χ2v) is 9.03. The maximum atomic E-state index is 13.5. The van der Waals surface area contributed by atoms with Crippen molar-refractivity contribution in [2.75, 3.05) is 26.0 Å². The van der Waals surface area contributed by atoms with Crippen LogP contribution in [0.25, 0.3) is 5.76 Å². The molecule has 0 spiro atoms. The minimum absolute atomic E-state index is 0.0355. The van der Waals surface area contributed by atoms with Gasteiger partial charge in [0.25, 0.3) is 11.8 Å². The molecule has 7 N–H and O–H groups in total. The smallest absolute Gasteiger partial charge is 0.255 e. The highest BCUT2D eigenvalue weighted by Crippen LogP contribution is 2.53. The Labute approximate surface area is 194 Å². The molecule has 3 aliphatic carbocycles. The lowest BCUT2D eigenvalue weighted by atomic mass is 9.59. The third-order valence-corrected chi connectivity index (χ3v) is 6.99. The number of hydrogen-bond donors (Lipinski definition) is 6. The largest absolute Gasteiger partial charge is 0.508 e. The maximum Gasteiger partial charge on any atom is 0.255 e. The average molecular weight is 471 g/mol. The van der Waals surface area contributed by atoms with Crippen LogP contribution in [0.2, 0.25) is 0 Å². The highest BCUT2D eigenvalue weighted by molar-refractivity contribution is 6.22. The summed E-state index contributed by atoms with van der Waals surface area (Å²) in [7, 11) is 4.81. The molecule has 11 heteroatoms. The Morgan fingerprint density at radius 3 is 2.38 bits per heavy atom. The van der Waals surface area contributed by atoms with Gasteiger partial charge in [0.15, 0.2) is 11.4 Å². The zero-order chi connectivity index (χ0) is 25.3. The van der Waals surface area contributed by atoms with Crippen molar-refractivity contribution in [3.63, 3.8) is 0 Å². The van der Waals surface area contributed by atoms with Gasteiger partial charge in [-0.05, 0) is 30.4 Å². The molecule has 4 rings (SSSR count). The molecule has 0 heterocycles. The van der Waals surface area contributed by atoms with Crippen molar-refractivity contribution in [1.29, 1.82) is 0 Å². The summed E-state index contributed by atoms with van der Waals surface area (Å²) in [5, 5.41) is 46.3. The number of hydrogen-bond acceptors (Lipinski definition) is 9. The fourth-order valence-corrected chi connectivity index (χ4v) is 5.38. The second-order valence-electron chi connectivity index (χ2n) is 9.03. The number of anilines is 1. The van der Waals surface area contributed by atoms with Crippen molar-refractivity contribution < 1.29 is 39.6 Å². The van der Waals surface area contributed by atoms with Crippen molar-refractivity contribution in [2.24, 2.45) is 17.6 Å². The molecular weight excluding hydrogens is 446 g/mol. The van der Waals surface area contributed by atoms with Gasteiger partial charge < -0.3 is 36.4 Å². The number of carbonyl (C=O) groups excluding carboxylic acids is 4. The normalized spacial score (nSPS) is 26.0. The van der Waals surface area contributed by atoms with Crippen LogP contribution in [-0.4, -0.2) is 70.6 Å². The number of aliphatic hydroxyl groups excluding tert-OH is 2. The van der Waals surface area contributed by atoms with E-state index in [2.05, 4.69) is 5.32 Å². The predicted molar refractivity (Wildman–Crippen MR) is 119 cm³/mol. The first-order valence-corrected chi connectivity index (χ1v) is 10.6. The van der Waals surface area contributed by atoms with Crippen LogP contribution in [0.15, 0.2) is 23.0 Å². The number of benzene rings is 1. The topological polar surface area (TPSA) is 190 Å². The number of fused-ring (bicyclic) bond motifs is 3. The zero-order valence-electron chi connectivity index (χ0n) is 18.8. The number of Topliss-reactive ketones (excluding diaryl/α,β-unsaturated/α-hetero) is 2. The Hall–Kier alpha value is -3.86. The van der Waals surface area contributed by atoms with Gasteiger partial charge in [0.1, 0.15) is 22.8 Å². The molecule has 3 aliphatic rings. The lowest BCUT2D eigenvalue weighted by Gasteiger charge is -2.46. The third-order valence-electron chi connectivity index (χ3n) is 6.99. The maximum absolute atomic E-state index is 13.5. The van der Waals surface area contributed by atoms with Crippen LogP contribution in [0.5, 0.6) is 5.75 Å². The molecule has 180 valence electrons. The first-order valence-electron chi connectivity index (χ1n) is 10.6. The molecule has 1 aromatic carbocycles. The van der Waals surface area contributed by atoms with Crippen molar-refractivity contribution in [2.45, 2.75) is 24.9 Å². The summed E-state index contributed by atoms with van der Waals surface area (Å²) in [6.45, 7) is 0. The van der Waals surface area contributed by atoms with E-state index in [0.717, 1.165) is 0 Å². The lowest BCUT2D eigenvalue weighted by Crippen LogP contribution is -2.58. The Bertz CT molecular complexity index is 1250. The predicted octanol–water partition coefficient (Wildman–Crippen LogP) is -0.150. The number of nitrogens with zero attached hydrogens (tertiary/aromatic N) is 1. The summed E-state index contributed by atoms with van der Waals surface area (Å²) in [6.07, 6.45) is -0.194. The minimum atomic E-state index is -2.63. The van der Waals surface area contributed by atoms with Crippen LogP contribution in [-0.2, 0) is 20.8 Å². The Kier molecular flexibility index (Phi) is 5.20. The van der Waals surface area contributed by atoms with E-state index in [-0.39, 0.29) is 36.0 Å². The van der Waals surface area contributed by atoms with Crippen molar-refractivity contribution in [3.8, 4) is 5.75 Å². The number of nitrogens with two attached hydrogens (primary N) is 1. The molecule has 11 nitrogen and oxygen atoms in total. The molecule has 3 atom stereocenters. The summed E-state index contributed by atoms with van der Waals surface area (Å²) in [6, 6.07) is 1.48. The Balaban J connectivity index is 1.99. The monoisotopic (exact) mass is 471 g/mol. The number of aliphatic hydroxyl groups is 3. The van der Waals surface area contributed by atoms with Crippen molar-refractivity contribution in [3.05, 3.63) is 39.7 Å². The van der Waals surface area contributed by atoms with Gasteiger partial charge in [0.2, 0.25) is 5.78 Å². The average Bonchev–Trinajstić information content (AvgIpc) is 2.75. The summed E-state index contributed by atoms with van der Waals surface area (Å²) < 4.78 is 0. The Morgan fingerprint density at radius 2 is 1.82 bits per heavy atom. The number of amides is 2. The SMILES string of the molecule is CNC(=O)c1cc(N(C)C)c2c(c1O)C(O)=C1C(=O)[C@]3(O)C(O)=C(C(N)=O)C(=O)C[C@@H]3C[C@@H]1C2. The molecule has 0 bridgehead atoms. The molecule has 34 heavy (non-hydrogen) atoms. The van der Waals surface area contributed by atoms with E-state index in [1.54, 1.807) is 19.0 Å². The molecule has 0 saturated heterocycles. The van der Waals surface area contributed by atoms with Gasteiger partial charge in [0.05, 0.1) is 11.1 Å². The van der Waals surface area contributed by atoms with E-state index in [9.17, 15) is 39.6 Å². The van der Waals surface area contributed by atoms with Gasteiger partial charge in [-0.3, -0.25) is 19.2 Å². The number of carbonyl (C=O) groups is 4. The van der Waals surface area contributed by atoms with E-state index in [0.29, 0.717) is 11.3 Å². The van der Waals surface area contributed by atoms with Gasteiger partial charge in [0, 0.05) is 44.7 Å². The van der Waals surface area contributed by atoms with Crippen LogP contribution in [0.4, 0.5) is 5.69 Å². The number of phenols is 1. The molecule has 0 aliphatic heterocycles. The lowest BCUT2D eigenvalue weighted by molar-refractivity contribution is -0.147. The summed E-state index contributed by atoms with van der Waals surface area (Å²) in [5.74, 6) is -7.76. The van der Waals surface area contributed by atoms with Gasteiger partial charge >= 0.3 is 0 Å². The number of aromatic hydroxyl groups is 1. The van der Waals surface area contributed by atoms with Gasteiger partial charge in [-0.2, -0.15) is 0 Å². The molecule has 1 saturated carbocycles. The number of rotatable bonds is 3. The summed E-state index contributed by atoms with van der Waals surface area (Å²) >= 11 is 0. The zero-order valence-corrected chi connectivity index (χ0v) is 18.8. The molecule has 1 fully saturated rings. The summed E-state index contributed by atoms with van der Waals surface area (Å²) in [5.41, 5.74) is 2.21. The quantitative estimate of drug-likeness (QED) is 0.325. The van der Waals surface area contributed by atoms with E-state index >= 15 is 0 Å². The van der Waals surface area contributed by atoms with Gasteiger partial charge in [-0.15, -0.1) is 0 Å². The van der Waals surface area contributed by atoms with E-state index in [1.165, 1.54) is 13.1 Å². The van der Waals surface area contributed by atoms with Crippen LogP contribution in [0.3, 0.4) is 0 Å². The van der Waals surface area contributed by atoms with Crippen LogP contribution in [0, 0.1) is 11.8 Å². The molecule has 0 unspecified atom stereocenters. The fourth-order valence-electron chi connectivity index (χ4n) is 5.38. The molecule has 0 radical (unpaired) electrons. The Morgan fingerprint density at radius 1 is 1.18 bits per heavy atom. The van der Waals surface area contributed by atoms with Crippen LogP contribution >= 0.6 is 0 Å².